The van der Waals surface area contributed by atoms with Crippen molar-refractivity contribution in [3.8, 4) is 0 Å². The minimum Gasteiger partial charge on any atom is -0.477 e. The minimum absolute atomic E-state index is 0.0101. The molecule has 0 bridgehead atoms. The largest absolute Gasteiger partial charge is 0.477 e. The Hall–Kier alpha value is -1.58. The van der Waals surface area contributed by atoms with Gasteiger partial charge in [-0.15, -0.1) is 0 Å². The number of nitrogens with one attached hydrogen (secondary N) is 1. The van der Waals surface area contributed by atoms with Crippen molar-refractivity contribution in [2.75, 3.05) is 4.72 Å². The molecule has 0 saturated carbocycles. The quantitative estimate of drug-likeness (QED) is 0.829. The van der Waals surface area contributed by atoms with Crippen LogP contribution in [0.3, 0.4) is 0 Å². The third-order valence-corrected chi connectivity index (χ3v) is 4.90. The van der Waals surface area contributed by atoms with Gasteiger partial charge in [-0.05, 0) is 18.2 Å². The second kappa shape index (κ2) is 5.66. The number of sulfonamides is 1. The predicted octanol–water partition coefficient (Wildman–Crippen LogP) is 2.33. The number of aromatic carboxylic acids is 1. The molecule has 0 spiro atoms. The SMILES string of the molecule is Cn1ncc(C(=O)O)c1NS(=O)(=O)c1ccc(Br)cc1Cl. The molecule has 2 rings (SSSR count). The summed E-state index contributed by atoms with van der Waals surface area (Å²) in [4.78, 5) is 10.9. The summed E-state index contributed by atoms with van der Waals surface area (Å²) in [5.74, 6) is -1.44. The highest BCUT2D eigenvalue weighted by Crippen LogP contribution is 2.27. The number of aryl methyl sites for hydroxylation is 1. The maximum Gasteiger partial charge on any atom is 0.341 e. The molecular formula is C11H9BrClN3O4S. The van der Waals surface area contributed by atoms with Crippen molar-refractivity contribution in [1.29, 1.82) is 0 Å². The van der Waals surface area contributed by atoms with Crippen molar-refractivity contribution in [2.24, 2.45) is 7.05 Å². The molecular weight excluding hydrogens is 386 g/mol. The Morgan fingerprint density at radius 3 is 2.71 bits per heavy atom. The van der Waals surface area contributed by atoms with E-state index in [1.165, 1.54) is 25.2 Å². The van der Waals surface area contributed by atoms with E-state index in [9.17, 15) is 13.2 Å². The molecule has 0 unspecified atom stereocenters. The second-order valence-corrected chi connectivity index (χ2v) is 6.99. The molecule has 2 aromatic rings. The van der Waals surface area contributed by atoms with Crippen molar-refractivity contribution in [1.82, 2.24) is 9.78 Å². The third-order valence-electron chi connectivity index (χ3n) is 2.58. The molecule has 0 aliphatic carbocycles. The average molecular weight is 395 g/mol. The van der Waals surface area contributed by atoms with Crippen LogP contribution < -0.4 is 4.72 Å². The number of anilines is 1. The number of halogens is 2. The van der Waals surface area contributed by atoms with Crippen LogP contribution >= 0.6 is 27.5 Å². The van der Waals surface area contributed by atoms with E-state index < -0.39 is 16.0 Å². The lowest BCUT2D eigenvalue weighted by molar-refractivity contribution is 0.0698. The van der Waals surface area contributed by atoms with Gasteiger partial charge < -0.3 is 5.11 Å². The summed E-state index contributed by atoms with van der Waals surface area (Å²) < 4.78 is 28.6. The molecule has 0 atom stereocenters. The molecule has 0 aliphatic heterocycles. The van der Waals surface area contributed by atoms with Crippen molar-refractivity contribution in [3.63, 3.8) is 0 Å². The van der Waals surface area contributed by atoms with Crippen molar-refractivity contribution in [3.05, 3.63) is 39.5 Å². The zero-order chi connectivity index (χ0) is 15.8. The van der Waals surface area contributed by atoms with E-state index in [1.807, 2.05) is 0 Å². The van der Waals surface area contributed by atoms with Crippen LogP contribution in [0, 0.1) is 0 Å². The van der Waals surface area contributed by atoms with Crippen molar-refractivity contribution < 1.29 is 18.3 Å². The fraction of sp³-hybridized carbons (Fsp3) is 0.0909. The molecule has 0 fully saturated rings. The van der Waals surface area contributed by atoms with E-state index in [1.54, 1.807) is 0 Å². The van der Waals surface area contributed by atoms with Gasteiger partial charge in [0.1, 0.15) is 10.5 Å². The first-order valence-electron chi connectivity index (χ1n) is 5.45. The molecule has 0 amide bonds. The van der Waals surface area contributed by atoms with Gasteiger partial charge in [0.05, 0.1) is 11.2 Å². The number of carboxylic acid groups (broad SMARTS) is 1. The molecule has 7 nitrogen and oxygen atoms in total. The highest BCUT2D eigenvalue weighted by atomic mass is 79.9. The van der Waals surface area contributed by atoms with Gasteiger partial charge in [0.25, 0.3) is 10.0 Å². The normalized spacial score (nSPS) is 11.4. The lowest BCUT2D eigenvalue weighted by atomic mass is 10.3. The van der Waals surface area contributed by atoms with E-state index in [0.29, 0.717) is 4.47 Å². The standard InChI is InChI=1S/C11H9BrClN3O4S/c1-16-10(7(5-14-16)11(17)18)15-21(19,20)9-3-2-6(12)4-8(9)13/h2-5,15H,1H3,(H,17,18). The van der Waals surface area contributed by atoms with E-state index in [2.05, 4.69) is 25.8 Å². The van der Waals surface area contributed by atoms with Crippen LogP contribution in [0.4, 0.5) is 5.82 Å². The molecule has 1 aromatic heterocycles. The Morgan fingerprint density at radius 1 is 1.48 bits per heavy atom. The van der Waals surface area contributed by atoms with Gasteiger partial charge in [0.2, 0.25) is 0 Å². The second-order valence-electron chi connectivity index (χ2n) is 4.02. The highest BCUT2D eigenvalue weighted by molar-refractivity contribution is 9.10. The Bertz CT molecular complexity index is 819. The fourth-order valence-corrected chi connectivity index (χ4v) is 3.74. The number of hydrogen-bond donors (Lipinski definition) is 2. The van der Waals surface area contributed by atoms with E-state index >= 15 is 0 Å². The first-order chi connectivity index (χ1) is 9.72. The Morgan fingerprint density at radius 2 is 2.14 bits per heavy atom. The van der Waals surface area contributed by atoms with Crippen LogP contribution in [0.15, 0.2) is 33.8 Å². The first kappa shape index (κ1) is 15.8. The van der Waals surface area contributed by atoms with Crippen LogP contribution in [0.25, 0.3) is 0 Å². The molecule has 0 radical (unpaired) electrons. The third kappa shape index (κ3) is 3.20. The molecule has 0 saturated heterocycles. The summed E-state index contributed by atoms with van der Waals surface area (Å²) in [5.41, 5.74) is -0.255. The smallest absolute Gasteiger partial charge is 0.341 e. The maximum absolute atomic E-state index is 12.3. The summed E-state index contributed by atoms with van der Waals surface area (Å²) in [7, 11) is -2.61. The molecule has 21 heavy (non-hydrogen) atoms. The van der Waals surface area contributed by atoms with Crippen molar-refractivity contribution in [2.45, 2.75) is 4.90 Å². The van der Waals surface area contributed by atoms with Crippen LogP contribution in [0.1, 0.15) is 10.4 Å². The van der Waals surface area contributed by atoms with Gasteiger partial charge in [-0.1, -0.05) is 27.5 Å². The number of hydrogen-bond acceptors (Lipinski definition) is 4. The number of rotatable bonds is 4. The maximum atomic E-state index is 12.3. The van der Waals surface area contributed by atoms with Crippen LogP contribution in [-0.2, 0) is 17.1 Å². The Kier molecular flexibility index (Phi) is 4.26. The highest BCUT2D eigenvalue weighted by Gasteiger charge is 2.23. The lowest BCUT2D eigenvalue weighted by Crippen LogP contribution is -2.17. The summed E-state index contributed by atoms with van der Waals surface area (Å²) in [5, 5.41) is 12.7. The van der Waals surface area contributed by atoms with Crippen LogP contribution in [0.2, 0.25) is 5.02 Å². The van der Waals surface area contributed by atoms with Crippen LogP contribution in [-0.4, -0.2) is 29.3 Å². The van der Waals surface area contributed by atoms with Gasteiger partial charge in [-0.25, -0.2) is 13.2 Å². The molecule has 2 N–H and O–H groups in total. The number of aromatic nitrogens is 2. The Labute approximate surface area is 133 Å². The summed E-state index contributed by atoms with van der Waals surface area (Å²) in [6.07, 6.45) is 1.06. The van der Waals surface area contributed by atoms with E-state index in [-0.39, 0.29) is 21.3 Å². The van der Waals surface area contributed by atoms with Gasteiger partial charge in [-0.3, -0.25) is 9.40 Å². The van der Waals surface area contributed by atoms with Crippen molar-refractivity contribution >= 4 is 49.3 Å². The molecule has 112 valence electrons. The first-order valence-corrected chi connectivity index (χ1v) is 8.11. The number of carbonyl (C=O) groups is 1. The predicted molar refractivity (Wildman–Crippen MR) is 80.1 cm³/mol. The molecule has 1 heterocycles. The lowest BCUT2D eigenvalue weighted by Gasteiger charge is -2.10. The molecule has 1 aromatic carbocycles. The Balaban J connectivity index is 2.47. The molecule has 10 heteroatoms. The monoisotopic (exact) mass is 393 g/mol. The topological polar surface area (TPSA) is 101 Å². The zero-order valence-electron chi connectivity index (χ0n) is 10.5. The molecule has 0 aliphatic rings. The summed E-state index contributed by atoms with van der Waals surface area (Å²) in [6.45, 7) is 0. The number of carboxylic acids is 1. The minimum atomic E-state index is -4.04. The van der Waals surface area contributed by atoms with Gasteiger partial charge in [-0.2, -0.15) is 5.10 Å². The van der Waals surface area contributed by atoms with Crippen LogP contribution in [0.5, 0.6) is 0 Å². The average Bonchev–Trinajstić information content (AvgIpc) is 2.70. The fourth-order valence-electron chi connectivity index (χ4n) is 1.59. The van der Waals surface area contributed by atoms with E-state index in [0.717, 1.165) is 10.9 Å². The zero-order valence-corrected chi connectivity index (χ0v) is 13.7. The number of benzene rings is 1. The summed E-state index contributed by atoms with van der Waals surface area (Å²) in [6, 6.07) is 4.25. The summed E-state index contributed by atoms with van der Waals surface area (Å²) >= 11 is 9.08. The van der Waals surface area contributed by atoms with E-state index in [4.69, 9.17) is 16.7 Å². The van der Waals surface area contributed by atoms with Gasteiger partial charge in [0.15, 0.2) is 5.82 Å². The number of nitrogens with zero attached hydrogens (tertiary/aromatic N) is 2. The van der Waals surface area contributed by atoms with Gasteiger partial charge in [0, 0.05) is 11.5 Å². The van der Waals surface area contributed by atoms with Gasteiger partial charge >= 0.3 is 5.97 Å².